The summed E-state index contributed by atoms with van der Waals surface area (Å²) in [5.41, 5.74) is 5.60. The van der Waals surface area contributed by atoms with Crippen molar-refractivity contribution in [2.75, 3.05) is 0 Å². The molecule has 1 heterocycles. The summed E-state index contributed by atoms with van der Waals surface area (Å²) < 4.78 is 38.8. The lowest BCUT2D eigenvalue weighted by atomic mass is 9.90. The highest BCUT2D eigenvalue weighted by atomic mass is 19.4. The van der Waals surface area contributed by atoms with E-state index in [1.807, 2.05) is 27.7 Å². The van der Waals surface area contributed by atoms with Crippen molar-refractivity contribution in [3.63, 3.8) is 0 Å². The molecule has 2 N–H and O–H groups in total. The SMILES string of the molecule is C[C@H](N)CCCc1cc(C(F)(F)F)cc(C(C)(C)C)n1. The van der Waals surface area contributed by atoms with Gasteiger partial charge in [-0.1, -0.05) is 20.8 Å². The zero-order valence-corrected chi connectivity index (χ0v) is 12.5. The van der Waals surface area contributed by atoms with Gasteiger partial charge in [0, 0.05) is 22.8 Å². The molecule has 0 aliphatic carbocycles. The second-order valence-electron chi connectivity index (χ2n) is 6.35. The average Bonchev–Trinajstić information content (AvgIpc) is 2.25. The molecule has 0 amide bonds. The van der Waals surface area contributed by atoms with Crippen molar-refractivity contribution in [2.45, 2.75) is 64.6 Å². The molecule has 0 saturated heterocycles. The maximum Gasteiger partial charge on any atom is 0.416 e. The Balaban J connectivity index is 3.05. The summed E-state index contributed by atoms with van der Waals surface area (Å²) in [6, 6.07) is 2.36. The molecule has 0 unspecified atom stereocenters. The van der Waals surface area contributed by atoms with Crippen LogP contribution in [0.15, 0.2) is 12.1 Å². The molecule has 0 aromatic carbocycles. The number of hydrogen-bond acceptors (Lipinski definition) is 2. The third-order valence-corrected chi connectivity index (χ3v) is 3.07. The van der Waals surface area contributed by atoms with E-state index >= 15 is 0 Å². The summed E-state index contributed by atoms with van der Waals surface area (Å²) in [6.45, 7) is 7.48. The molecule has 114 valence electrons. The van der Waals surface area contributed by atoms with Gasteiger partial charge >= 0.3 is 6.18 Å². The van der Waals surface area contributed by atoms with E-state index in [1.165, 1.54) is 0 Å². The van der Waals surface area contributed by atoms with Gasteiger partial charge in [0.05, 0.1) is 5.56 Å². The molecule has 1 atom stereocenters. The van der Waals surface area contributed by atoms with Crippen molar-refractivity contribution in [3.05, 3.63) is 29.1 Å². The van der Waals surface area contributed by atoms with Crippen LogP contribution < -0.4 is 5.73 Å². The number of pyridine rings is 1. The number of aryl methyl sites for hydroxylation is 1. The Morgan fingerprint density at radius 2 is 1.80 bits per heavy atom. The first kappa shape index (κ1) is 17.0. The molecule has 0 fully saturated rings. The van der Waals surface area contributed by atoms with Gasteiger partial charge in [-0.2, -0.15) is 13.2 Å². The van der Waals surface area contributed by atoms with E-state index in [9.17, 15) is 13.2 Å². The van der Waals surface area contributed by atoms with Crippen LogP contribution in [0.1, 0.15) is 57.5 Å². The number of nitrogens with zero attached hydrogens (tertiary/aromatic N) is 1. The standard InChI is InChI=1S/C15H23F3N2/c1-10(19)6-5-7-12-8-11(15(16,17)18)9-13(20-12)14(2,3)4/h8-10H,5-7,19H2,1-4H3/t10-/m0/s1. The van der Waals surface area contributed by atoms with Gasteiger partial charge in [-0.05, 0) is 38.3 Å². The van der Waals surface area contributed by atoms with Crippen LogP contribution in [-0.2, 0) is 18.0 Å². The highest BCUT2D eigenvalue weighted by Gasteiger charge is 2.32. The molecule has 1 aromatic heterocycles. The van der Waals surface area contributed by atoms with Crippen molar-refractivity contribution in [3.8, 4) is 0 Å². The van der Waals surface area contributed by atoms with Crippen molar-refractivity contribution >= 4 is 0 Å². The number of halogens is 3. The van der Waals surface area contributed by atoms with Crippen LogP contribution >= 0.6 is 0 Å². The van der Waals surface area contributed by atoms with Gasteiger partial charge in [-0.3, -0.25) is 4.98 Å². The Kier molecular flexibility index (Phi) is 5.19. The van der Waals surface area contributed by atoms with Gasteiger partial charge in [-0.25, -0.2) is 0 Å². The van der Waals surface area contributed by atoms with Crippen LogP contribution in [0, 0.1) is 0 Å². The number of aromatic nitrogens is 1. The second kappa shape index (κ2) is 6.12. The number of rotatable bonds is 4. The Morgan fingerprint density at radius 3 is 2.25 bits per heavy atom. The molecule has 0 radical (unpaired) electrons. The number of alkyl halides is 3. The maximum atomic E-state index is 12.9. The summed E-state index contributed by atoms with van der Waals surface area (Å²) in [5.74, 6) is 0. The van der Waals surface area contributed by atoms with Crippen LogP contribution in [-0.4, -0.2) is 11.0 Å². The first-order valence-corrected chi connectivity index (χ1v) is 6.84. The van der Waals surface area contributed by atoms with Crippen molar-refractivity contribution in [1.82, 2.24) is 4.98 Å². The molecule has 0 aliphatic heterocycles. The fraction of sp³-hybridized carbons (Fsp3) is 0.667. The summed E-state index contributed by atoms with van der Waals surface area (Å²) >= 11 is 0. The van der Waals surface area contributed by atoms with Gasteiger partial charge < -0.3 is 5.73 Å². The predicted octanol–water partition coefficient (Wildman–Crippen LogP) is 4.07. The largest absolute Gasteiger partial charge is 0.416 e. The summed E-state index contributed by atoms with van der Waals surface area (Å²) in [5, 5.41) is 0. The van der Waals surface area contributed by atoms with Crippen molar-refractivity contribution in [1.29, 1.82) is 0 Å². The quantitative estimate of drug-likeness (QED) is 0.907. The zero-order chi connectivity index (χ0) is 15.6. The van der Waals surface area contributed by atoms with Crippen LogP contribution in [0.4, 0.5) is 13.2 Å². The van der Waals surface area contributed by atoms with E-state index in [0.717, 1.165) is 25.0 Å². The summed E-state index contributed by atoms with van der Waals surface area (Å²) in [4.78, 5) is 4.37. The molecule has 1 aromatic rings. The minimum absolute atomic E-state index is 0.0582. The second-order valence-corrected chi connectivity index (χ2v) is 6.35. The van der Waals surface area contributed by atoms with E-state index in [4.69, 9.17) is 5.73 Å². The van der Waals surface area contributed by atoms with E-state index in [2.05, 4.69) is 4.98 Å². The minimum Gasteiger partial charge on any atom is -0.328 e. The molecule has 0 spiro atoms. The Morgan fingerprint density at radius 1 is 1.20 bits per heavy atom. The number of nitrogens with two attached hydrogens (primary N) is 1. The van der Waals surface area contributed by atoms with Gasteiger partial charge in [-0.15, -0.1) is 0 Å². The molecule has 20 heavy (non-hydrogen) atoms. The van der Waals surface area contributed by atoms with E-state index in [0.29, 0.717) is 17.8 Å². The van der Waals surface area contributed by atoms with Crippen LogP contribution in [0.2, 0.25) is 0 Å². The predicted molar refractivity (Wildman–Crippen MR) is 74.5 cm³/mol. The van der Waals surface area contributed by atoms with Crippen LogP contribution in [0.25, 0.3) is 0 Å². The Bertz CT molecular complexity index is 413. The molecular weight excluding hydrogens is 265 g/mol. The average molecular weight is 288 g/mol. The fourth-order valence-corrected chi connectivity index (χ4v) is 1.87. The molecular formula is C15H23F3N2. The summed E-state index contributed by atoms with van der Waals surface area (Å²) in [6.07, 6.45) is -2.29. The van der Waals surface area contributed by atoms with E-state index in [-0.39, 0.29) is 6.04 Å². The Hall–Kier alpha value is -1.10. The number of hydrogen-bond donors (Lipinski definition) is 1. The highest BCUT2D eigenvalue weighted by molar-refractivity contribution is 5.27. The van der Waals surface area contributed by atoms with Gasteiger partial charge in [0.15, 0.2) is 0 Å². The molecule has 0 saturated carbocycles. The van der Waals surface area contributed by atoms with Crippen LogP contribution in [0.5, 0.6) is 0 Å². The van der Waals surface area contributed by atoms with Gasteiger partial charge in [0.25, 0.3) is 0 Å². The van der Waals surface area contributed by atoms with Crippen molar-refractivity contribution < 1.29 is 13.2 Å². The lowest BCUT2D eigenvalue weighted by molar-refractivity contribution is -0.137. The molecule has 5 heteroatoms. The zero-order valence-electron chi connectivity index (χ0n) is 12.5. The van der Waals surface area contributed by atoms with E-state index < -0.39 is 17.2 Å². The third kappa shape index (κ3) is 5.12. The van der Waals surface area contributed by atoms with E-state index in [1.54, 1.807) is 0 Å². The molecule has 2 nitrogen and oxygen atoms in total. The maximum absolute atomic E-state index is 12.9. The monoisotopic (exact) mass is 288 g/mol. The lowest BCUT2D eigenvalue weighted by Crippen LogP contribution is -2.18. The molecule has 1 rings (SSSR count). The summed E-state index contributed by atoms with van der Waals surface area (Å²) in [7, 11) is 0. The van der Waals surface area contributed by atoms with Crippen molar-refractivity contribution in [2.24, 2.45) is 5.73 Å². The first-order valence-electron chi connectivity index (χ1n) is 6.84. The fourth-order valence-electron chi connectivity index (χ4n) is 1.87. The molecule has 0 aliphatic rings. The molecule has 0 bridgehead atoms. The first-order chi connectivity index (χ1) is 9.00. The van der Waals surface area contributed by atoms with Gasteiger partial charge in [0.2, 0.25) is 0 Å². The minimum atomic E-state index is -4.33. The van der Waals surface area contributed by atoms with Gasteiger partial charge in [0.1, 0.15) is 0 Å². The topological polar surface area (TPSA) is 38.9 Å². The Labute approximate surface area is 118 Å². The smallest absolute Gasteiger partial charge is 0.328 e. The third-order valence-electron chi connectivity index (χ3n) is 3.07. The highest BCUT2D eigenvalue weighted by Crippen LogP contribution is 2.32. The van der Waals surface area contributed by atoms with Crippen LogP contribution in [0.3, 0.4) is 0 Å². The normalized spacial score (nSPS) is 14.4. The lowest BCUT2D eigenvalue weighted by Gasteiger charge is -2.21.